The number of aromatic nitrogens is 3. The van der Waals surface area contributed by atoms with Crippen LogP contribution in [0.4, 0.5) is 5.95 Å². The van der Waals surface area contributed by atoms with E-state index in [0.29, 0.717) is 5.95 Å². The molecule has 0 spiro atoms. The molecule has 19 heavy (non-hydrogen) atoms. The number of nitrogens with one attached hydrogen (secondary N) is 1. The van der Waals surface area contributed by atoms with E-state index in [1.807, 2.05) is 0 Å². The van der Waals surface area contributed by atoms with Gasteiger partial charge in [0.25, 0.3) is 0 Å². The predicted octanol–water partition coefficient (Wildman–Crippen LogP) is 0.787. The predicted molar refractivity (Wildman–Crippen MR) is 71.7 cm³/mol. The van der Waals surface area contributed by atoms with E-state index in [9.17, 15) is 0 Å². The number of anilines is 1. The second kappa shape index (κ2) is 7.08. The van der Waals surface area contributed by atoms with Gasteiger partial charge in [-0.3, -0.25) is 0 Å². The Balaban J connectivity index is 1.84. The normalized spacial score (nSPS) is 16.1. The van der Waals surface area contributed by atoms with E-state index >= 15 is 0 Å². The molecular formula is C12H21N5O2. The summed E-state index contributed by atoms with van der Waals surface area (Å²) in [6, 6.07) is 0.514. The van der Waals surface area contributed by atoms with Crippen LogP contribution in [0.2, 0.25) is 0 Å². The molecule has 1 aliphatic rings. The summed E-state index contributed by atoms with van der Waals surface area (Å²) >= 11 is 0. The van der Waals surface area contributed by atoms with Crippen molar-refractivity contribution in [3.8, 4) is 12.0 Å². The molecule has 0 aliphatic carbocycles. The van der Waals surface area contributed by atoms with Gasteiger partial charge < -0.3 is 19.7 Å². The number of nitrogens with zero attached hydrogens (tertiary/aromatic N) is 4. The Morgan fingerprint density at radius 1 is 1.00 bits per heavy atom. The van der Waals surface area contributed by atoms with E-state index in [1.165, 1.54) is 46.6 Å². The summed E-state index contributed by atoms with van der Waals surface area (Å²) in [6.07, 6.45) is 3.95. The summed E-state index contributed by atoms with van der Waals surface area (Å²) < 4.78 is 10.0. The molecule has 1 N–H and O–H groups in total. The van der Waals surface area contributed by atoms with Gasteiger partial charge in [0.1, 0.15) is 0 Å². The number of methoxy groups -OCH3 is 2. The highest BCUT2D eigenvalue weighted by Crippen LogP contribution is 2.12. The fourth-order valence-corrected chi connectivity index (χ4v) is 2.11. The molecule has 2 rings (SSSR count). The molecule has 0 atom stereocenters. The Morgan fingerprint density at radius 3 is 2.21 bits per heavy atom. The SMILES string of the molecule is COc1nc(NCCN2CCCCC2)nc(OC)n1. The van der Waals surface area contributed by atoms with Crippen LogP contribution in [0.1, 0.15) is 19.3 Å². The minimum absolute atomic E-state index is 0.257. The third-order valence-electron chi connectivity index (χ3n) is 3.12. The van der Waals surface area contributed by atoms with Crippen molar-refractivity contribution >= 4 is 5.95 Å². The number of rotatable bonds is 6. The average molecular weight is 267 g/mol. The van der Waals surface area contributed by atoms with Crippen LogP contribution < -0.4 is 14.8 Å². The Hall–Kier alpha value is -1.63. The van der Waals surface area contributed by atoms with Crippen molar-refractivity contribution in [2.24, 2.45) is 0 Å². The van der Waals surface area contributed by atoms with Crippen molar-refractivity contribution in [3.63, 3.8) is 0 Å². The van der Waals surface area contributed by atoms with Gasteiger partial charge in [-0.15, -0.1) is 4.98 Å². The Bertz CT molecular complexity index is 373. The summed E-state index contributed by atoms with van der Waals surface area (Å²) in [5.41, 5.74) is 0. The van der Waals surface area contributed by atoms with Crippen molar-refractivity contribution in [3.05, 3.63) is 0 Å². The van der Waals surface area contributed by atoms with E-state index in [4.69, 9.17) is 9.47 Å². The van der Waals surface area contributed by atoms with E-state index in [2.05, 4.69) is 25.2 Å². The minimum Gasteiger partial charge on any atom is -0.467 e. The van der Waals surface area contributed by atoms with Crippen LogP contribution in [0.25, 0.3) is 0 Å². The van der Waals surface area contributed by atoms with Gasteiger partial charge >= 0.3 is 12.0 Å². The van der Waals surface area contributed by atoms with Gasteiger partial charge in [-0.25, -0.2) is 0 Å². The fraction of sp³-hybridized carbons (Fsp3) is 0.750. The first-order chi connectivity index (χ1) is 9.31. The summed E-state index contributed by atoms with van der Waals surface area (Å²) in [4.78, 5) is 14.7. The van der Waals surface area contributed by atoms with Gasteiger partial charge in [-0.05, 0) is 25.9 Å². The molecule has 0 saturated carbocycles. The topological polar surface area (TPSA) is 72.4 Å². The molecule has 1 aliphatic heterocycles. The summed E-state index contributed by atoms with van der Waals surface area (Å²) in [7, 11) is 3.04. The minimum atomic E-state index is 0.257. The van der Waals surface area contributed by atoms with Gasteiger partial charge in [0.15, 0.2) is 0 Å². The summed E-state index contributed by atoms with van der Waals surface area (Å²) in [5, 5.41) is 3.18. The molecular weight excluding hydrogens is 246 g/mol. The van der Waals surface area contributed by atoms with Gasteiger partial charge in [-0.1, -0.05) is 6.42 Å². The fourth-order valence-electron chi connectivity index (χ4n) is 2.11. The van der Waals surface area contributed by atoms with E-state index in [1.54, 1.807) is 0 Å². The maximum absolute atomic E-state index is 5.00. The quantitative estimate of drug-likeness (QED) is 0.816. The molecule has 7 nitrogen and oxygen atoms in total. The number of hydrogen-bond acceptors (Lipinski definition) is 7. The first-order valence-electron chi connectivity index (χ1n) is 6.62. The molecule has 2 heterocycles. The standard InChI is InChI=1S/C12H21N5O2/c1-18-11-14-10(15-12(16-11)19-2)13-6-9-17-7-4-3-5-8-17/h3-9H2,1-2H3,(H,13,14,15,16). The number of likely N-dealkylation sites (tertiary alicyclic amines) is 1. The molecule has 0 radical (unpaired) electrons. The molecule has 7 heteroatoms. The lowest BCUT2D eigenvalue weighted by Gasteiger charge is -2.26. The lowest BCUT2D eigenvalue weighted by molar-refractivity contribution is 0.237. The first-order valence-corrected chi connectivity index (χ1v) is 6.62. The molecule has 0 unspecified atom stereocenters. The third-order valence-corrected chi connectivity index (χ3v) is 3.12. The summed E-state index contributed by atoms with van der Waals surface area (Å²) in [5.74, 6) is 0.487. The molecule has 1 aromatic rings. The van der Waals surface area contributed by atoms with Gasteiger partial charge in [-0.2, -0.15) is 9.97 Å². The van der Waals surface area contributed by atoms with Gasteiger partial charge in [0.2, 0.25) is 5.95 Å². The highest BCUT2D eigenvalue weighted by molar-refractivity contribution is 5.27. The molecule has 0 aromatic carbocycles. The maximum atomic E-state index is 5.00. The zero-order valence-corrected chi connectivity index (χ0v) is 11.6. The van der Waals surface area contributed by atoms with Crippen molar-refractivity contribution < 1.29 is 9.47 Å². The highest BCUT2D eigenvalue weighted by atomic mass is 16.5. The molecule has 0 amide bonds. The highest BCUT2D eigenvalue weighted by Gasteiger charge is 2.10. The van der Waals surface area contributed by atoms with Crippen LogP contribution in [-0.4, -0.2) is 60.3 Å². The van der Waals surface area contributed by atoms with E-state index < -0.39 is 0 Å². The van der Waals surface area contributed by atoms with Crippen molar-refractivity contribution in [2.45, 2.75) is 19.3 Å². The number of hydrogen-bond donors (Lipinski definition) is 1. The van der Waals surface area contributed by atoms with Crippen LogP contribution in [0.15, 0.2) is 0 Å². The lowest BCUT2D eigenvalue weighted by Crippen LogP contribution is -2.33. The average Bonchev–Trinajstić information content (AvgIpc) is 2.48. The molecule has 1 fully saturated rings. The Kier molecular flexibility index (Phi) is 5.14. The molecule has 0 bridgehead atoms. The van der Waals surface area contributed by atoms with Crippen LogP contribution in [0.5, 0.6) is 12.0 Å². The van der Waals surface area contributed by atoms with Crippen LogP contribution in [0, 0.1) is 0 Å². The number of piperidine rings is 1. The second-order valence-electron chi connectivity index (χ2n) is 4.46. The monoisotopic (exact) mass is 267 g/mol. The van der Waals surface area contributed by atoms with Crippen LogP contribution >= 0.6 is 0 Å². The third kappa shape index (κ3) is 4.20. The van der Waals surface area contributed by atoms with Crippen LogP contribution in [0.3, 0.4) is 0 Å². The zero-order valence-electron chi connectivity index (χ0n) is 11.6. The molecule has 1 saturated heterocycles. The van der Waals surface area contributed by atoms with Crippen LogP contribution in [-0.2, 0) is 0 Å². The Morgan fingerprint density at radius 2 is 1.63 bits per heavy atom. The molecule has 1 aromatic heterocycles. The number of ether oxygens (including phenoxy) is 2. The molecule has 106 valence electrons. The van der Waals surface area contributed by atoms with Crippen molar-refractivity contribution in [1.82, 2.24) is 19.9 Å². The lowest BCUT2D eigenvalue weighted by atomic mass is 10.1. The Labute approximate surface area is 113 Å². The zero-order chi connectivity index (χ0) is 13.5. The van der Waals surface area contributed by atoms with Gasteiger partial charge in [0, 0.05) is 13.1 Å². The van der Waals surface area contributed by atoms with Crippen molar-refractivity contribution in [1.29, 1.82) is 0 Å². The summed E-state index contributed by atoms with van der Waals surface area (Å²) in [6.45, 7) is 4.17. The first kappa shape index (κ1) is 13.8. The van der Waals surface area contributed by atoms with E-state index in [-0.39, 0.29) is 12.0 Å². The smallest absolute Gasteiger partial charge is 0.324 e. The van der Waals surface area contributed by atoms with Crippen molar-refractivity contribution in [2.75, 3.05) is 45.7 Å². The second-order valence-corrected chi connectivity index (χ2v) is 4.46. The van der Waals surface area contributed by atoms with Gasteiger partial charge in [0.05, 0.1) is 14.2 Å². The van der Waals surface area contributed by atoms with E-state index in [0.717, 1.165) is 13.1 Å². The largest absolute Gasteiger partial charge is 0.467 e. The maximum Gasteiger partial charge on any atom is 0.324 e.